The van der Waals surface area contributed by atoms with Crippen molar-refractivity contribution in [2.75, 3.05) is 25.0 Å². The summed E-state index contributed by atoms with van der Waals surface area (Å²) in [5, 5.41) is 3.64. The molecule has 2 fully saturated rings. The Bertz CT molecular complexity index is 468. The summed E-state index contributed by atoms with van der Waals surface area (Å²) < 4.78 is 0. The van der Waals surface area contributed by atoms with Gasteiger partial charge < -0.3 is 10.2 Å². The van der Waals surface area contributed by atoms with Gasteiger partial charge in [-0.2, -0.15) is 0 Å². The molecule has 20 heavy (non-hydrogen) atoms. The predicted molar refractivity (Wildman–Crippen MR) is 84.3 cm³/mol. The van der Waals surface area contributed by atoms with E-state index in [4.69, 9.17) is 0 Å². The summed E-state index contributed by atoms with van der Waals surface area (Å²) in [5.41, 5.74) is 3.41. The molecule has 2 nitrogen and oxygen atoms in total. The molecule has 2 heterocycles. The van der Waals surface area contributed by atoms with Crippen LogP contribution in [-0.2, 0) is 5.41 Å². The topological polar surface area (TPSA) is 15.3 Å². The van der Waals surface area contributed by atoms with Crippen molar-refractivity contribution in [3.63, 3.8) is 0 Å². The Morgan fingerprint density at radius 3 is 2.55 bits per heavy atom. The molecule has 2 heteroatoms. The molecule has 108 valence electrons. The first-order valence-corrected chi connectivity index (χ1v) is 8.45. The van der Waals surface area contributed by atoms with E-state index in [1.807, 2.05) is 0 Å². The Morgan fingerprint density at radius 1 is 1.00 bits per heavy atom. The molecule has 0 radical (unpaired) electrons. The van der Waals surface area contributed by atoms with Crippen LogP contribution >= 0.6 is 0 Å². The van der Waals surface area contributed by atoms with Gasteiger partial charge >= 0.3 is 0 Å². The van der Waals surface area contributed by atoms with E-state index in [-0.39, 0.29) is 0 Å². The Labute approximate surface area is 122 Å². The second-order valence-electron chi connectivity index (χ2n) is 7.01. The molecule has 0 bridgehead atoms. The largest absolute Gasteiger partial charge is 0.384 e. The molecule has 1 saturated heterocycles. The molecule has 0 atom stereocenters. The van der Waals surface area contributed by atoms with Crippen LogP contribution < -0.4 is 5.32 Å². The normalized spacial score (nSPS) is 26.4. The molecule has 3 aliphatic rings. The van der Waals surface area contributed by atoms with Gasteiger partial charge in [0.15, 0.2) is 0 Å². The van der Waals surface area contributed by atoms with E-state index in [0.29, 0.717) is 5.41 Å². The van der Waals surface area contributed by atoms with E-state index in [1.54, 1.807) is 5.56 Å². The van der Waals surface area contributed by atoms with Crippen molar-refractivity contribution in [1.82, 2.24) is 4.90 Å². The van der Waals surface area contributed by atoms with Crippen LogP contribution in [0.5, 0.6) is 0 Å². The van der Waals surface area contributed by atoms with Crippen molar-refractivity contribution < 1.29 is 0 Å². The number of hydrogen-bond acceptors (Lipinski definition) is 2. The highest BCUT2D eigenvalue weighted by Crippen LogP contribution is 2.44. The lowest BCUT2D eigenvalue weighted by Gasteiger charge is -2.43. The molecule has 1 saturated carbocycles. The number of anilines is 1. The molecule has 1 aromatic rings. The summed E-state index contributed by atoms with van der Waals surface area (Å²) in [6, 6.07) is 9.86. The first-order chi connectivity index (χ1) is 9.87. The Kier molecular flexibility index (Phi) is 3.22. The highest BCUT2D eigenvalue weighted by Gasteiger charge is 2.42. The molecule has 2 aliphatic heterocycles. The van der Waals surface area contributed by atoms with Crippen LogP contribution in [0.3, 0.4) is 0 Å². The van der Waals surface area contributed by atoms with Gasteiger partial charge in [0.2, 0.25) is 0 Å². The minimum absolute atomic E-state index is 0.432. The van der Waals surface area contributed by atoms with Gasteiger partial charge in [-0.25, -0.2) is 0 Å². The smallest absolute Gasteiger partial charge is 0.0379 e. The fraction of sp³-hybridized carbons (Fsp3) is 0.667. The van der Waals surface area contributed by atoms with Gasteiger partial charge in [-0.15, -0.1) is 0 Å². The first kappa shape index (κ1) is 12.7. The van der Waals surface area contributed by atoms with Crippen molar-refractivity contribution in [1.29, 1.82) is 0 Å². The van der Waals surface area contributed by atoms with E-state index in [0.717, 1.165) is 12.6 Å². The second-order valence-corrected chi connectivity index (χ2v) is 7.01. The van der Waals surface area contributed by atoms with Gasteiger partial charge in [-0.05, 0) is 50.4 Å². The quantitative estimate of drug-likeness (QED) is 0.835. The summed E-state index contributed by atoms with van der Waals surface area (Å²) in [5.74, 6) is 0. The third-order valence-corrected chi connectivity index (χ3v) is 5.96. The third-order valence-electron chi connectivity index (χ3n) is 5.96. The average Bonchev–Trinajstić information content (AvgIpc) is 2.88. The standard InChI is InChI=1S/C18H26N2/c1-2-6-15(7-3-1)20-12-10-18(11-13-20)14-19-17-9-5-4-8-16(17)18/h4-5,8-9,15,19H,1-3,6-7,10-14H2. The summed E-state index contributed by atoms with van der Waals surface area (Å²) in [4.78, 5) is 2.80. The van der Waals surface area contributed by atoms with Gasteiger partial charge in [0.1, 0.15) is 0 Å². The number of benzene rings is 1. The van der Waals surface area contributed by atoms with E-state index >= 15 is 0 Å². The molecule has 0 aromatic heterocycles. The van der Waals surface area contributed by atoms with Crippen LogP contribution in [0.4, 0.5) is 5.69 Å². The minimum atomic E-state index is 0.432. The summed E-state index contributed by atoms with van der Waals surface area (Å²) in [6.07, 6.45) is 9.95. The van der Waals surface area contributed by atoms with Gasteiger partial charge in [0.25, 0.3) is 0 Å². The first-order valence-electron chi connectivity index (χ1n) is 8.45. The molecular weight excluding hydrogens is 244 g/mol. The Balaban J connectivity index is 1.47. The Hall–Kier alpha value is -1.02. The highest BCUT2D eigenvalue weighted by molar-refractivity contribution is 5.60. The lowest BCUT2D eigenvalue weighted by Crippen LogP contribution is -2.48. The minimum Gasteiger partial charge on any atom is -0.384 e. The van der Waals surface area contributed by atoms with Gasteiger partial charge in [0, 0.05) is 23.7 Å². The number of para-hydroxylation sites is 1. The number of nitrogens with one attached hydrogen (secondary N) is 1. The van der Waals surface area contributed by atoms with Gasteiger partial charge in [-0.1, -0.05) is 37.5 Å². The van der Waals surface area contributed by atoms with Crippen molar-refractivity contribution in [3.05, 3.63) is 29.8 Å². The SMILES string of the molecule is c1ccc2c(c1)NCC21CCN(C2CCCCC2)CC1. The third kappa shape index (κ3) is 2.05. The maximum Gasteiger partial charge on any atom is 0.0379 e. The molecule has 0 unspecified atom stereocenters. The van der Waals surface area contributed by atoms with Crippen molar-refractivity contribution in [3.8, 4) is 0 Å². The number of nitrogens with zero attached hydrogens (tertiary/aromatic N) is 1. The molecule has 4 rings (SSSR count). The van der Waals surface area contributed by atoms with E-state index < -0.39 is 0 Å². The van der Waals surface area contributed by atoms with Crippen LogP contribution in [-0.4, -0.2) is 30.6 Å². The predicted octanol–water partition coefficient (Wildman–Crippen LogP) is 3.78. The van der Waals surface area contributed by atoms with Gasteiger partial charge in [0.05, 0.1) is 0 Å². The monoisotopic (exact) mass is 270 g/mol. The van der Waals surface area contributed by atoms with E-state index in [2.05, 4.69) is 34.5 Å². The average molecular weight is 270 g/mol. The van der Waals surface area contributed by atoms with Crippen LogP contribution in [0.2, 0.25) is 0 Å². The number of fused-ring (bicyclic) bond motifs is 2. The summed E-state index contributed by atoms with van der Waals surface area (Å²) in [7, 11) is 0. The van der Waals surface area contributed by atoms with Crippen LogP contribution in [0.1, 0.15) is 50.5 Å². The van der Waals surface area contributed by atoms with E-state index in [9.17, 15) is 0 Å². The zero-order valence-electron chi connectivity index (χ0n) is 12.4. The molecular formula is C18H26N2. The fourth-order valence-electron chi connectivity index (χ4n) is 4.67. The second kappa shape index (κ2) is 5.07. The molecule has 1 spiro atoms. The molecule has 1 N–H and O–H groups in total. The maximum absolute atomic E-state index is 3.64. The zero-order chi connectivity index (χ0) is 13.4. The van der Waals surface area contributed by atoms with E-state index in [1.165, 1.54) is 63.7 Å². The number of likely N-dealkylation sites (tertiary alicyclic amines) is 1. The van der Waals surface area contributed by atoms with Crippen molar-refractivity contribution >= 4 is 5.69 Å². The highest BCUT2D eigenvalue weighted by atomic mass is 15.2. The maximum atomic E-state index is 3.64. The van der Waals surface area contributed by atoms with Gasteiger partial charge in [-0.3, -0.25) is 0 Å². The molecule has 0 amide bonds. The number of piperidine rings is 1. The molecule has 1 aromatic carbocycles. The number of hydrogen-bond donors (Lipinski definition) is 1. The van der Waals surface area contributed by atoms with Crippen LogP contribution in [0.25, 0.3) is 0 Å². The Morgan fingerprint density at radius 2 is 1.75 bits per heavy atom. The van der Waals surface area contributed by atoms with Crippen molar-refractivity contribution in [2.45, 2.75) is 56.4 Å². The van der Waals surface area contributed by atoms with Crippen LogP contribution in [0, 0.1) is 0 Å². The zero-order valence-corrected chi connectivity index (χ0v) is 12.4. The lowest BCUT2D eigenvalue weighted by molar-refractivity contribution is 0.0982. The fourth-order valence-corrected chi connectivity index (χ4v) is 4.67. The summed E-state index contributed by atoms with van der Waals surface area (Å²) in [6.45, 7) is 3.77. The van der Waals surface area contributed by atoms with Crippen LogP contribution in [0.15, 0.2) is 24.3 Å². The lowest BCUT2D eigenvalue weighted by atomic mass is 9.74. The summed E-state index contributed by atoms with van der Waals surface area (Å²) >= 11 is 0. The molecule has 1 aliphatic carbocycles. The number of rotatable bonds is 1. The van der Waals surface area contributed by atoms with Crippen molar-refractivity contribution in [2.24, 2.45) is 0 Å².